The third-order valence-corrected chi connectivity index (χ3v) is 1.14. The average molecular weight is 156 g/mol. The standard InChI is InChI=1S/C5H12N6/c1-5(2,3)11-9-4(7-6)8-10-11/h6H2,1-3H3,(H,7,9). The maximum atomic E-state index is 5.08. The zero-order valence-corrected chi connectivity index (χ0v) is 6.87. The lowest BCUT2D eigenvalue weighted by atomic mass is 10.1. The van der Waals surface area contributed by atoms with Crippen LogP contribution in [0.3, 0.4) is 0 Å². The van der Waals surface area contributed by atoms with Crippen LogP contribution < -0.4 is 11.3 Å². The van der Waals surface area contributed by atoms with Crippen molar-refractivity contribution in [1.82, 2.24) is 20.2 Å². The lowest BCUT2D eigenvalue weighted by molar-refractivity contribution is 0.306. The van der Waals surface area contributed by atoms with Crippen LogP contribution in [0.4, 0.5) is 5.95 Å². The van der Waals surface area contributed by atoms with Gasteiger partial charge in [-0.2, -0.15) is 4.80 Å². The van der Waals surface area contributed by atoms with Gasteiger partial charge in [-0.25, -0.2) is 5.84 Å². The summed E-state index contributed by atoms with van der Waals surface area (Å²) in [5.74, 6) is 5.41. The molecule has 1 rings (SSSR count). The first-order valence-electron chi connectivity index (χ1n) is 3.31. The van der Waals surface area contributed by atoms with Gasteiger partial charge in [-0.05, 0) is 26.0 Å². The molecule has 0 aliphatic rings. The minimum absolute atomic E-state index is 0.151. The van der Waals surface area contributed by atoms with Crippen molar-refractivity contribution in [3.63, 3.8) is 0 Å². The molecule has 0 atom stereocenters. The van der Waals surface area contributed by atoms with Gasteiger partial charge in [0, 0.05) is 0 Å². The van der Waals surface area contributed by atoms with Gasteiger partial charge in [-0.1, -0.05) is 5.10 Å². The number of nitrogens with zero attached hydrogens (tertiary/aromatic N) is 4. The van der Waals surface area contributed by atoms with Gasteiger partial charge in [0.1, 0.15) is 0 Å². The molecule has 6 heteroatoms. The van der Waals surface area contributed by atoms with E-state index >= 15 is 0 Å². The van der Waals surface area contributed by atoms with Crippen LogP contribution in [0.25, 0.3) is 0 Å². The fourth-order valence-corrected chi connectivity index (χ4v) is 0.556. The SMILES string of the molecule is CC(C)(C)n1nnc(NN)n1. The van der Waals surface area contributed by atoms with Gasteiger partial charge < -0.3 is 0 Å². The van der Waals surface area contributed by atoms with Crippen LogP contribution in [0.15, 0.2) is 0 Å². The molecular formula is C5H12N6. The molecule has 1 heterocycles. The van der Waals surface area contributed by atoms with Crippen LogP contribution in [0.2, 0.25) is 0 Å². The van der Waals surface area contributed by atoms with Crippen LogP contribution >= 0.6 is 0 Å². The molecule has 0 aliphatic heterocycles. The third-order valence-electron chi connectivity index (χ3n) is 1.14. The van der Waals surface area contributed by atoms with E-state index in [0.29, 0.717) is 5.95 Å². The molecule has 0 saturated carbocycles. The second-order valence-corrected chi connectivity index (χ2v) is 3.22. The Hall–Kier alpha value is -1.17. The van der Waals surface area contributed by atoms with E-state index in [-0.39, 0.29) is 5.54 Å². The summed E-state index contributed by atoms with van der Waals surface area (Å²) in [7, 11) is 0. The summed E-state index contributed by atoms with van der Waals surface area (Å²) in [6.45, 7) is 5.94. The minimum Gasteiger partial charge on any atom is -0.290 e. The zero-order chi connectivity index (χ0) is 8.48. The van der Waals surface area contributed by atoms with Crippen LogP contribution in [-0.2, 0) is 5.54 Å². The predicted molar refractivity (Wildman–Crippen MR) is 40.6 cm³/mol. The third kappa shape index (κ3) is 1.64. The molecule has 0 amide bonds. The predicted octanol–water partition coefficient (Wildman–Crippen LogP) is -0.286. The van der Waals surface area contributed by atoms with E-state index in [0.717, 1.165) is 0 Å². The Morgan fingerprint density at radius 1 is 1.45 bits per heavy atom. The highest BCUT2D eigenvalue weighted by Gasteiger charge is 2.16. The van der Waals surface area contributed by atoms with Gasteiger partial charge >= 0.3 is 0 Å². The van der Waals surface area contributed by atoms with Crippen molar-refractivity contribution >= 4 is 5.95 Å². The fourth-order valence-electron chi connectivity index (χ4n) is 0.556. The smallest absolute Gasteiger partial charge is 0.277 e. The van der Waals surface area contributed by atoms with E-state index in [1.54, 1.807) is 0 Å². The largest absolute Gasteiger partial charge is 0.290 e. The Morgan fingerprint density at radius 2 is 2.09 bits per heavy atom. The highest BCUT2D eigenvalue weighted by molar-refractivity contribution is 5.15. The molecule has 1 aromatic rings. The molecule has 0 aliphatic carbocycles. The van der Waals surface area contributed by atoms with Crippen molar-refractivity contribution in [2.24, 2.45) is 5.84 Å². The first-order valence-corrected chi connectivity index (χ1v) is 3.31. The fraction of sp³-hybridized carbons (Fsp3) is 0.800. The molecule has 0 unspecified atom stereocenters. The minimum atomic E-state index is -0.151. The number of tetrazole rings is 1. The Kier molecular flexibility index (Phi) is 1.77. The van der Waals surface area contributed by atoms with Gasteiger partial charge in [-0.15, -0.1) is 5.10 Å². The summed E-state index contributed by atoms with van der Waals surface area (Å²) in [5.41, 5.74) is 2.16. The molecule has 0 radical (unpaired) electrons. The number of nitrogens with one attached hydrogen (secondary N) is 1. The maximum absolute atomic E-state index is 5.08. The van der Waals surface area contributed by atoms with Crippen molar-refractivity contribution in [2.45, 2.75) is 26.3 Å². The van der Waals surface area contributed by atoms with E-state index in [4.69, 9.17) is 5.84 Å². The number of hydrogen-bond acceptors (Lipinski definition) is 5. The molecule has 0 bridgehead atoms. The lowest BCUT2D eigenvalue weighted by Crippen LogP contribution is -2.24. The van der Waals surface area contributed by atoms with Gasteiger partial charge in [0.25, 0.3) is 5.95 Å². The van der Waals surface area contributed by atoms with Crippen molar-refractivity contribution < 1.29 is 0 Å². The molecule has 3 N–H and O–H groups in total. The summed E-state index contributed by atoms with van der Waals surface area (Å²) < 4.78 is 0. The first kappa shape index (κ1) is 7.93. The van der Waals surface area contributed by atoms with E-state index < -0.39 is 0 Å². The zero-order valence-electron chi connectivity index (χ0n) is 6.87. The van der Waals surface area contributed by atoms with E-state index in [2.05, 4.69) is 20.8 Å². The number of nitrogen functional groups attached to an aromatic ring is 1. The normalized spacial score (nSPS) is 11.6. The van der Waals surface area contributed by atoms with Gasteiger partial charge in [0.15, 0.2) is 0 Å². The molecule has 1 aromatic heterocycles. The van der Waals surface area contributed by atoms with Crippen LogP contribution in [-0.4, -0.2) is 20.2 Å². The Labute approximate surface area is 64.7 Å². The second kappa shape index (κ2) is 2.46. The molecule has 0 aromatic carbocycles. The quantitative estimate of drug-likeness (QED) is 0.431. The molecule has 0 saturated heterocycles. The Balaban J connectivity index is 2.89. The molecule has 0 spiro atoms. The van der Waals surface area contributed by atoms with E-state index in [1.165, 1.54) is 4.80 Å². The average Bonchev–Trinajstić information content (AvgIpc) is 2.32. The molecule has 62 valence electrons. The molecule has 6 nitrogen and oxygen atoms in total. The summed E-state index contributed by atoms with van der Waals surface area (Å²) in [4.78, 5) is 1.50. The van der Waals surface area contributed by atoms with Gasteiger partial charge in [0.2, 0.25) is 0 Å². The van der Waals surface area contributed by atoms with Crippen molar-refractivity contribution in [1.29, 1.82) is 0 Å². The van der Waals surface area contributed by atoms with Gasteiger partial charge in [-0.3, -0.25) is 5.43 Å². The number of hydrazine groups is 1. The Morgan fingerprint density at radius 3 is 2.36 bits per heavy atom. The first-order chi connectivity index (χ1) is 5.04. The summed E-state index contributed by atoms with van der Waals surface area (Å²) >= 11 is 0. The lowest BCUT2D eigenvalue weighted by Gasteiger charge is -2.14. The van der Waals surface area contributed by atoms with Crippen LogP contribution in [0, 0.1) is 0 Å². The van der Waals surface area contributed by atoms with E-state index in [1.807, 2.05) is 20.8 Å². The summed E-state index contributed by atoms with van der Waals surface area (Å²) in [5, 5.41) is 11.4. The van der Waals surface area contributed by atoms with Crippen molar-refractivity contribution in [3.05, 3.63) is 0 Å². The number of anilines is 1. The number of aromatic nitrogens is 4. The Bertz CT molecular complexity index is 233. The molecular weight excluding hydrogens is 144 g/mol. The molecule has 0 fully saturated rings. The van der Waals surface area contributed by atoms with Crippen molar-refractivity contribution in [3.8, 4) is 0 Å². The van der Waals surface area contributed by atoms with Crippen LogP contribution in [0.5, 0.6) is 0 Å². The molecule has 11 heavy (non-hydrogen) atoms. The van der Waals surface area contributed by atoms with Crippen LogP contribution in [0.1, 0.15) is 20.8 Å². The highest BCUT2D eigenvalue weighted by Crippen LogP contribution is 2.09. The topological polar surface area (TPSA) is 81.7 Å². The van der Waals surface area contributed by atoms with Crippen molar-refractivity contribution in [2.75, 3.05) is 5.43 Å². The maximum Gasteiger partial charge on any atom is 0.277 e. The number of nitrogens with two attached hydrogens (primary N) is 1. The van der Waals surface area contributed by atoms with E-state index in [9.17, 15) is 0 Å². The summed E-state index contributed by atoms with van der Waals surface area (Å²) in [6.07, 6.45) is 0. The second-order valence-electron chi connectivity index (χ2n) is 3.22. The number of rotatable bonds is 1. The monoisotopic (exact) mass is 156 g/mol. The number of hydrogen-bond donors (Lipinski definition) is 2. The van der Waals surface area contributed by atoms with Gasteiger partial charge in [0.05, 0.1) is 5.54 Å². The summed E-state index contributed by atoms with van der Waals surface area (Å²) in [6, 6.07) is 0. The highest BCUT2D eigenvalue weighted by atomic mass is 15.6.